The van der Waals surface area contributed by atoms with Crippen molar-refractivity contribution in [2.75, 3.05) is 0 Å². The molecule has 0 radical (unpaired) electrons. The van der Waals surface area contributed by atoms with E-state index in [4.69, 9.17) is 5.73 Å². The molecule has 0 spiro atoms. The third kappa shape index (κ3) is 3.65. The lowest BCUT2D eigenvalue weighted by Crippen LogP contribution is -2.28. The predicted octanol–water partition coefficient (Wildman–Crippen LogP) is 4.46. The minimum atomic E-state index is 0.0211. The SMILES string of the molecule is CCCCc1cnc2n1C(c1ccc(-c3ccccc3-c3nn[nH]n3)cc1)CCC2N. The molecule has 5 rings (SSSR count). The second-order valence-electron chi connectivity index (χ2n) is 8.18. The van der Waals surface area contributed by atoms with Gasteiger partial charge in [0.05, 0.1) is 12.1 Å². The smallest absolute Gasteiger partial charge is 0.205 e. The summed E-state index contributed by atoms with van der Waals surface area (Å²) in [6.07, 6.45) is 7.39. The Kier molecular flexibility index (Phi) is 5.34. The van der Waals surface area contributed by atoms with Gasteiger partial charge in [-0.1, -0.05) is 61.9 Å². The van der Waals surface area contributed by atoms with Crippen molar-refractivity contribution >= 4 is 0 Å². The van der Waals surface area contributed by atoms with Crippen LogP contribution in [-0.2, 0) is 6.42 Å². The van der Waals surface area contributed by atoms with Crippen LogP contribution in [0.5, 0.6) is 0 Å². The van der Waals surface area contributed by atoms with Crippen molar-refractivity contribution < 1.29 is 0 Å². The van der Waals surface area contributed by atoms with Gasteiger partial charge in [-0.15, -0.1) is 10.2 Å². The molecular weight excluding hydrogens is 386 g/mol. The highest BCUT2D eigenvalue weighted by Crippen LogP contribution is 2.37. The number of benzene rings is 2. The molecular formula is C24H27N7. The number of hydrogen-bond donors (Lipinski definition) is 2. The Bertz CT molecular complexity index is 1150. The summed E-state index contributed by atoms with van der Waals surface area (Å²) in [6, 6.07) is 17.3. The highest BCUT2D eigenvalue weighted by molar-refractivity contribution is 5.80. The van der Waals surface area contributed by atoms with Gasteiger partial charge >= 0.3 is 0 Å². The third-order valence-electron chi connectivity index (χ3n) is 6.20. The van der Waals surface area contributed by atoms with Crippen LogP contribution in [0.3, 0.4) is 0 Å². The molecule has 0 bridgehead atoms. The van der Waals surface area contributed by atoms with Crippen LogP contribution >= 0.6 is 0 Å². The number of rotatable bonds is 6. The largest absolute Gasteiger partial charge is 0.323 e. The molecule has 0 saturated carbocycles. The van der Waals surface area contributed by atoms with Crippen LogP contribution in [0, 0.1) is 0 Å². The highest BCUT2D eigenvalue weighted by atomic mass is 15.5. The van der Waals surface area contributed by atoms with E-state index < -0.39 is 0 Å². The van der Waals surface area contributed by atoms with Crippen LogP contribution in [0.2, 0.25) is 0 Å². The Morgan fingerprint density at radius 1 is 1.06 bits per heavy atom. The van der Waals surface area contributed by atoms with Crippen molar-refractivity contribution in [3.8, 4) is 22.5 Å². The summed E-state index contributed by atoms with van der Waals surface area (Å²) in [5.74, 6) is 1.62. The molecule has 4 aromatic rings. The van der Waals surface area contributed by atoms with Crippen molar-refractivity contribution in [1.82, 2.24) is 30.2 Å². The van der Waals surface area contributed by atoms with Gasteiger partial charge in [0.2, 0.25) is 5.82 Å². The Labute approximate surface area is 181 Å². The summed E-state index contributed by atoms with van der Waals surface area (Å²) in [5, 5.41) is 14.6. The van der Waals surface area contributed by atoms with Gasteiger partial charge < -0.3 is 10.3 Å². The Morgan fingerprint density at radius 2 is 1.87 bits per heavy atom. The van der Waals surface area contributed by atoms with Crippen LogP contribution in [-0.4, -0.2) is 30.2 Å². The molecule has 31 heavy (non-hydrogen) atoms. The maximum Gasteiger partial charge on any atom is 0.205 e. The second-order valence-corrected chi connectivity index (χ2v) is 8.18. The fraction of sp³-hybridized carbons (Fsp3) is 0.333. The second kappa shape index (κ2) is 8.43. The zero-order valence-corrected chi connectivity index (χ0v) is 17.7. The minimum absolute atomic E-state index is 0.0211. The van der Waals surface area contributed by atoms with Crippen molar-refractivity contribution in [3.05, 3.63) is 71.8 Å². The number of nitrogens with two attached hydrogens (primary N) is 1. The molecule has 0 saturated heterocycles. The molecule has 7 nitrogen and oxygen atoms in total. The average molecular weight is 414 g/mol. The van der Waals surface area contributed by atoms with E-state index in [9.17, 15) is 0 Å². The van der Waals surface area contributed by atoms with Gasteiger partial charge in [-0.2, -0.15) is 5.21 Å². The van der Waals surface area contributed by atoms with Gasteiger partial charge in [0.25, 0.3) is 0 Å². The monoisotopic (exact) mass is 413 g/mol. The van der Waals surface area contributed by atoms with E-state index in [1.54, 1.807) is 0 Å². The van der Waals surface area contributed by atoms with Gasteiger partial charge in [-0.3, -0.25) is 0 Å². The molecule has 2 atom stereocenters. The molecule has 1 aliphatic rings. The Balaban J connectivity index is 1.49. The average Bonchev–Trinajstić information content (AvgIpc) is 3.49. The van der Waals surface area contributed by atoms with Crippen molar-refractivity contribution in [1.29, 1.82) is 0 Å². The summed E-state index contributed by atoms with van der Waals surface area (Å²) in [4.78, 5) is 4.69. The molecule has 2 unspecified atom stereocenters. The molecule has 0 fully saturated rings. The van der Waals surface area contributed by atoms with E-state index in [1.165, 1.54) is 24.1 Å². The van der Waals surface area contributed by atoms with E-state index in [-0.39, 0.29) is 12.1 Å². The first-order valence-corrected chi connectivity index (χ1v) is 11.0. The maximum absolute atomic E-state index is 6.39. The normalized spacial score (nSPS) is 18.1. The lowest BCUT2D eigenvalue weighted by Gasteiger charge is -2.31. The summed E-state index contributed by atoms with van der Waals surface area (Å²) in [7, 11) is 0. The molecule has 3 heterocycles. The van der Waals surface area contributed by atoms with Crippen molar-refractivity contribution in [2.45, 2.75) is 51.1 Å². The molecule has 2 aromatic heterocycles. The number of aryl methyl sites for hydroxylation is 1. The predicted molar refractivity (Wildman–Crippen MR) is 120 cm³/mol. The summed E-state index contributed by atoms with van der Waals surface area (Å²) < 4.78 is 2.39. The number of tetrazole rings is 1. The molecule has 1 aliphatic heterocycles. The van der Waals surface area contributed by atoms with Crippen LogP contribution in [0.15, 0.2) is 54.7 Å². The number of imidazole rings is 1. The van der Waals surface area contributed by atoms with Crippen molar-refractivity contribution in [2.24, 2.45) is 5.73 Å². The number of aromatic nitrogens is 6. The van der Waals surface area contributed by atoms with E-state index in [1.807, 2.05) is 24.4 Å². The molecule has 158 valence electrons. The van der Waals surface area contributed by atoms with Gasteiger partial charge in [0.1, 0.15) is 5.82 Å². The van der Waals surface area contributed by atoms with Gasteiger partial charge in [-0.25, -0.2) is 4.98 Å². The minimum Gasteiger partial charge on any atom is -0.323 e. The number of H-pyrrole nitrogens is 1. The van der Waals surface area contributed by atoms with Crippen LogP contribution in [0.1, 0.15) is 61.8 Å². The molecule has 0 aliphatic carbocycles. The Hall–Kier alpha value is -3.32. The number of nitrogens with one attached hydrogen (secondary N) is 1. The number of fused-ring (bicyclic) bond motifs is 1. The van der Waals surface area contributed by atoms with E-state index >= 15 is 0 Å². The first kappa shape index (κ1) is 19.6. The Morgan fingerprint density at radius 3 is 2.61 bits per heavy atom. The highest BCUT2D eigenvalue weighted by Gasteiger charge is 2.29. The summed E-state index contributed by atoms with van der Waals surface area (Å²) >= 11 is 0. The van der Waals surface area contributed by atoms with Gasteiger partial charge in [-0.05, 0) is 47.6 Å². The van der Waals surface area contributed by atoms with E-state index in [2.05, 4.69) is 67.4 Å². The standard InChI is InChI=1S/C24H27N7/c1-2-3-6-18-15-26-24-21(25)13-14-22(31(18)24)17-11-9-16(10-12-17)19-7-4-5-8-20(19)23-27-29-30-28-23/h4-5,7-12,15,21-22H,2-3,6,13-14,25H2,1H3,(H,27,28,29,30). The fourth-order valence-electron chi connectivity index (χ4n) is 4.59. The van der Waals surface area contributed by atoms with Gasteiger partial charge in [0, 0.05) is 17.5 Å². The number of nitrogens with zero attached hydrogens (tertiary/aromatic N) is 5. The third-order valence-corrected chi connectivity index (χ3v) is 6.20. The topological polar surface area (TPSA) is 98.3 Å². The lowest BCUT2D eigenvalue weighted by molar-refractivity contribution is 0.390. The zero-order valence-electron chi connectivity index (χ0n) is 17.7. The number of hydrogen-bond acceptors (Lipinski definition) is 5. The first-order valence-electron chi connectivity index (χ1n) is 11.0. The summed E-state index contributed by atoms with van der Waals surface area (Å²) in [6.45, 7) is 2.22. The first-order chi connectivity index (χ1) is 15.3. The zero-order chi connectivity index (χ0) is 21.2. The van der Waals surface area contributed by atoms with Crippen LogP contribution in [0.4, 0.5) is 0 Å². The van der Waals surface area contributed by atoms with Crippen molar-refractivity contribution in [3.63, 3.8) is 0 Å². The van der Waals surface area contributed by atoms with E-state index in [0.29, 0.717) is 5.82 Å². The number of unbranched alkanes of at least 4 members (excludes halogenated alkanes) is 1. The molecule has 0 amide bonds. The fourth-order valence-corrected chi connectivity index (χ4v) is 4.59. The van der Waals surface area contributed by atoms with Crippen LogP contribution in [0.25, 0.3) is 22.5 Å². The summed E-state index contributed by atoms with van der Waals surface area (Å²) in [5.41, 5.74) is 12.2. The van der Waals surface area contributed by atoms with E-state index in [0.717, 1.165) is 41.8 Å². The maximum atomic E-state index is 6.39. The molecule has 7 heteroatoms. The number of aromatic amines is 1. The lowest BCUT2D eigenvalue weighted by atomic mass is 9.92. The van der Waals surface area contributed by atoms with Crippen LogP contribution < -0.4 is 5.73 Å². The molecule has 2 aromatic carbocycles. The quantitative estimate of drug-likeness (QED) is 0.486. The molecule has 3 N–H and O–H groups in total. The van der Waals surface area contributed by atoms with Gasteiger partial charge in [0.15, 0.2) is 0 Å².